The largest absolute Gasteiger partial charge is 0.411 e. The molecule has 0 aromatic carbocycles. The number of alkyl halides is 3. The van der Waals surface area contributed by atoms with E-state index in [1.165, 1.54) is 0 Å². The highest BCUT2D eigenvalue weighted by Gasteiger charge is 2.34. The lowest BCUT2D eigenvalue weighted by Crippen LogP contribution is -2.63. The molecule has 0 saturated carbocycles. The Kier molecular flexibility index (Phi) is 6.94. The summed E-state index contributed by atoms with van der Waals surface area (Å²) >= 11 is 0. The number of nitrogens with one attached hydrogen (secondary N) is 1. The average Bonchev–Trinajstić information content (AvgIpc) is 2.35. The van der Waals surface area contributed by atoms with E-state index in [9.17, 15) is 13.2 Å². The Morgan fingerprint density at radius 3 is 2.62 bits per heavy atom. The minimum absolute atomic E-state index is 0.0524. The zero-order valence-corrected chi connectivity index (χ0v) is 13.6. The van der Waals surface area contributed by atoms with Gasteiger partial charge in [0.15, 0.2) is 0 Å². The number of piperazine rings is 1. The summed E-state index contributed by atoms with van der Waals surface area (Å²) in [5, 5.41) is 3.55. The van der Waals surface area contributed by atoms with Crippen LogP contribution in [0.15, 0.2) is 0 Å². The molecule has 6 heteroatoms. The van der Waals surface area contributed by atoms with Crippen LogP contribution in [-0.4, -0.2) is 55.5 Å². The lowest BCUT2D eigenvalue weighted by molar-refractivity contribution is -0.174. The van der Waals surface area contributed by atoms with Gasteiger partial charge in [0.05, 0.1) is 0 Å². The first-order valence-electron chi connectivity index (χ1n) is 7.78. The molecule has 1 rings (SSSR count). The molecule has 2 atom stereocenters. The Morgan fingerprint density at radius 2 is 2.05 bits per heavy atom. The van der Waals surface area contributed by atoms with Crippen LogP contribution >= 0.6 is 0 Å². The van der Waals surface area contributed by atoms with Gasteiger partial charge in [-0.15, -0.1) is 0 Å². The molecule has 3 nitrogen and oxygen atoms in total. The maximum atomic E-state index is 12.0. The van der Waals surface area contributed by atoms with Crippen LogP contribution in [-0.2, 0) is 4.74 Å². The van der Waals surface area contributed by atoms with Crippen LogP contribution in [0.5, 0.6) is 0 Å². The Hall–Kier alpha value is -0.330. The van der Waals surface area contributed by atoms with Crippen molar-refractivity contribution in [2.24, 2.45) is 5.92 Å². The maximum Gasteiger partial charge on any atom is 0.411 e. The minimum Gasteiger partial charge on any atom is -0.372 e. The molecule has 21 heavy (non-hydrogen) atoms. The summed E-state index contributed by atoms with van der Waals surface area (Å²) in [6.45, 7) is 10.4. The van der Waals surface area contributed by atoms with Crippen molar-refractivity contribution in [2.75, 3.05) is 32.8 Å². The van der Waals surface area contributed by atoms with Crippen molar-refractivity contribution in [2.45, 2.75) is 58.3 Å². The first-order valence-corrected chi connectivity index (χ1v) is 7.78. The molecule has 0 aliphatic carbocycles. The molecule has 1 aliphatic rings. The second-order valence-electron chi connectivity index (χ2n) is 6.71. The van der Waals surface area contributed by atoms with Gasteiger partial charge in [-0.3, -0.25) is 4.90 Å². The van der Waals surface area contributed by atoms with Crippen LogP contribution in [0.2, 0.25) is 0 Å². The average molecular weight is 310 g/mol. The van der Waals surface area contributed by atoms with E-state index in [2.05, 4.69) is 37.9 Å². The van der Waals surface area contributed by atoms with Gasteiger partial charge in [0.25, 0.3) is 0 Å². The zero-order chi connectivity index (χ0) is 16.1. The molecule has 0 aromatic heterocycles. The van der Waals surface area contributed by atoms with Gasteiger partial charge in [-0.1, -0.05) is 20.3 Å². The zero-order valence-electron chi connectivity index (χ0n) is 13.6. The highest BCUT2D eigenvalue weighted by Crippen LogP contribution is 2.22. The van der Waals surface area contributed by atoms with Gasteiger partial charge < -0.3 is 10.1 Å². The van der Waals surface area contributed by atoms with E-state index in [1.54, 1.807) is 0 Å². The molecule has 0 bridgehead atoms. The smallest absolute Gasteiger partial charge is 0.372 e. The fourth-order valence-corrected chi connectivity index (χ4v) is 2.83. The second-order valence-corrected chi connectivity index (χ2v) is 6.71. The normalized spacial score (nSPS) is 25.0. The summed E-state index contributed by atoms with van der Waals surface area (Å²) in [4.78, 5) is 2.40. The van der Waals surface area contributed by atoms with Gasteiger partial charge >= 0.3 is 6.18 Å². The lowest BCUT2D eigenvalue weighted by Gasteiger charge is -2.47. The molecule has 1 heterocycles. The van der Waals surface area contributed by atoms with Crippen molar-refractivity contribution in [3.05, 3.63) is 0 Å². The second kappa shape index (κ2) is 7.79. The van der Waals surface area contributed by atoms with Crippen LogP contribution in [0.25, 0.3) is 0 Å². The van der Waals surface area contributed by atoms with E-state index in [4.69, 9.17) is 4.74 Å². The molecule has 0 aromatic rings. The number of hydrogen-bond acceptors (Lipinski definition) is 3. The van der Waals surface area contributed by atoms with Crippen molar-refractivity contribution >= 4 is 0 Å². The summed E-state index contributed by atoms with van der Waals surface area (Å²) in [5.74, 6) is 0.574. The topological polar surface area (TPSA) is 24.5 Å². The monoisotopic (exact) mass is 310 g/mol. The highest BCUT2D eigenvalue weighted by atomic mass is 19.4. The third-order valence-electron chi connectivity index (χ3n) is 4.16. The molecular weight excluding hydrogens is 281 g/mol. The van der Waals surface area contributed by atoms with E-state index in [0.29, 0.717) is 18.4 Å². The molecule has 1 N–H and O–H groups in total. The van der Waals surface area contributed by atoms with E-state index < -0.39 is 12.8 Å². The molecule has 1 aliphatic heterocycles. The Morgan fingerprint density at radius 1 is 1.38 bits per heavy atom. The first-order chi connectivity index (χ1) is 9.64. The minimum atomic E-state index is -4.23. The van der Waals surface area contributed by atoms with E-state index >= 15 is 0 Å². The van der Waals surface area contributed by atoms with Gasteiger partial charge in [-0.2, -0.15) is 13.2 Å². The van der Waals surface area contributed by atoms with Crippen molar-refractivity contribution < 1.29 is 17.9 Å². The van der Waals surface area contributed by atoms with Crippen molar-refractivity contribution in [3.63, 3.8) is 0 Å². The Labute approximate surface area is 126 Å². The van der Waals surface area contributed by atoms with Crippen molar-refractivity contribution in [1.82, 2.24) is 10.2 Å². The van der Waals surface area contributed by atoms with Crippen molar-refractivity contribution in [1.29, 1.82) is 0 Å². The van der Waals surface area contributed by atoms with Crippen LogP contribution in [0.4, 0.5) is 13.2 Å². The van der Waals surface area contributed by atoms with Crippen molar-refractivity contribution in [3.8, 4) is 0 Å². The third kappa shape index (κ3) is 6.98. The fourth-order valence-electron chi connectivity index (χ4n) is 2.83. The Balaban J connectivity index is 2.40. The number of hydrogen-bond donors (Lipinski definition) is 1. The van der Waals surface area contributed by atoms with Gasteiger partial charge in [-0.05, 0) is 26.2 Å². The molecule has 1 fully saturated rings. The van der Waals surface area contributed by atoms with Crippen LogP contribution in [0, 0.1) is 5.92 Å². The molecule has 1 saturated heterocycles. The molecule has 2 unspecified atom stereocenters. The van der Waals surface area contributed by atoms with Gasteiger partial charge in [-0.25, -0.2) is 0 Å². The SMILES string of the molecule is CCC(C)C1CNC(C)(C)CN1CCCOCC(F)(F)F. The van der Waals surface area contributed by atoms with E-state index in [-0.39, 0.29) is 12.1 Å². The summed E-state index contributed by atoms with van der Waals surface area (Å²) < 4.78 is 40.7. The number of nitrogens with zero attached hydrogens (tertiary/aromatic N) is 1. The van der Waals surface area contributed by atoms with Crippen LogP contribution in [0.3, 0.4) is 0 Å². The number of halogens is 3. The van der Waals surface area contributed by atoms with Crippen LogP contribution < -0.4 is 5.32 Å². The van der Waals surface area contributed by atoms with Gasteiger partial charge in [0, 0.05) is 37.8 Å². The quantitative estimate of drug-likeness (QED) is 0.732. The highest BCUT2D eigenvalue weighted by molar-refractivity contribution is 4.93. The Bertz CT molecular complexity index is 308. The third-order valence-corrected chi connectivity index (χ3v) is 4.16. The lowest BCUT2D eigenvalue weighted by atomic mass is 9.90. The maximum absolute atomic E-state index is 12.0. The molecule has 0 amide bonds. The molecular formula is C15H29F3N2O. The first kappa shape index (κ1) is 18.7. The predicted molar refractivity (Wildman–Crippen MR) is 78.4 cm³/mol. The standard InChI is InChI=1S/C15H29F3N2O/c1-5-12(2)13-9-19-14(3,4)10-20(13)7-6-8-21-11-15(16,17)18/h12-13,19H,5-11H2,1-4H3. The van der Waals surface area contributed by atoms with Crippen LogP contribution in [0.1, 0.15) is 40.5 Å². The van der Waals surface area contributed by atoms with Gasteiger partial charge in [0.1, 0.15) is 6.61 Å². The van der Waals surface area contributed by atoms with E-state index in [1.807, 2.05) is 0 Å². The predicted octanol–water partition coefficient (Wildman–Crippen LogP) is 3.05. The number of rotatable bonds is 7. The summed E-state index contributed by atoms with van der Waals surface area (Å²) in [5.41, 5.74) is 0.0524. The number of ether oxygens (including phenoxy) is 1. The van der Waals surface area contributed by atoms with E-state index in [0.717, 1.165) is 26.1 Å². The summed E-state index contributed by atoms with van der Waals surface area (Å²) in [7, 11) is 0. The van der Waals surface area contributed by atoms with Gasteiger partial charge in [0.2, 0.25) is 0 Å². The molecule has 0 spiro atoms. The molecule has 0 radical (unpaired) electrons. The molecule has 126 valence electrons. The summed E-state index contributed by atoms with van der Waals surface area (Å²) in [6.07, 6.45) is -2.48. The fraction of sp³-hybridized carbons (Fsp3) is 1.00. The summed E-state index contributed by atoms with van der Waals surface area (Å²) in [6, 6.07) is 0.450.